The maximum Gasteiger partial charge on any atom is 0.222 e. The number of likely N-dealkylation sites (tertiary alicyclic amines) is 1. The molecule has 0 saturated carbocycles. The van der Waals surface area contributed by atoms with Crippen molar-refractivity contribution in [2.45, 2.75) is 32.7 Å². The predicted octanol–water partition coefficient (Wildman–Crippen LogP) is 0.592. The van der Waals surface area contributed by atoms with Crippen LogP contribution in [0.25, 0.3) is 0 Å². The zero-order chi connectivity index (χ0) is 9.14. The zero-order valence-corrected chi connectivity index (χ0v) is 7.92. The van der Waals surface area contributed by atoms with Crippen LogP contribution in [0, 0.1) is 5.92 Å². The largest absolute Gasteiger partial charge is 0.341 e. The van der Waals surface area contributed by atoms with E-state index in [1.165, 1.54) is 0 Å². The summed E-state index contributed by atoms with van der Waals surface area (Å²) < 4.78 is 0. The molecule has 1 aliphatic rings. The summed E-state index contributed by atoms with van der Waals surface area (Å²) >= 11 is 0. The van der Waals surface area contributed by atoms with Crippen molar-refractivity contribution < 1.29 is 4.79 Å². The van der Waals surface area contributed by atoms with Crippen LogP contribution in [0.2, 0.25) is 0 Å². The number of amides is 1. The van der Waals surface area contributed by atoms with Crippen LogP contribution < -0.4 is 5.73 Å². The van der Waals surface area contributed by atoms with E-state index in [1.54, 1.807) is 0 Å². The van der Waals surface area contributed by atoms with E-state index in [9.17, 15) is 4.79 Å². The van der Waals surface area contributed by atoms with E-state index in [2.05, 4.69) is 13.8 Å². The number of nitrogens with two attached hydrogens (primary N) is 1. The van der Waals surface area contributed by atoms with Crippen LogP contribution in [0.5, 0.6) is 0 Å². The molecule has 3 nitrogen and oxygen atoms in total. The van der Waals surface area contributed by atoms with Gasteiger partial charge in [-0.1, -0.05) is 13.8 Å². The minimum atomic E-state index is 0.196. The highest BCUT2D eigenvalue weighted by Crippen LogP contribution is 2.11. The highest BCUT2D eigenvalue weighted by atomic mass is 16.2. The third-order valence-corrected chi connectivity index (χ3v) is 2.12. The van der Waals surface area contributed by atoms with Crippen LogP contribution in [0.3, 0.4) is 0 Å². The fourth-order valence-corrected chi connectivity index (χ4v) is 1.56. The lowest BCUT2D eigenvalue weighted by Crippen LogP contribution is -2.47. The number of carbonyl (C=O) groups excluding carboxylic acids is 1. The van der Waals surface area contributed by atoms with Crippen LogP contribution in [-0.4, -0.2) is 29.9 Å². The number of rotatable bonds is 2. The Hall–Kier alpha value is -0.570. The molecule has 0 spiro atoms. The van der Waals surface area contributed by atoms with Gasteiger partial charge in [-0.25, -0.2) is 0 Å². The first-order chi connectivity index (χ1) is 5.59. The minimum absolute atomic E-state index is 0.196. The molecule has 1 atom stereocenters. The van der Waals surface area contributed by atoms with Crippen LogP contribution >= 0.6 is 0 Å². The van der Waals surface area contributed by atoms with Crippen molar-refractivity contribution in [2.24, 2.45) is 11.7 Å². The molecule has 0 unspecified atom stereocenters. The third-order valence-electron chi connectivity index (χ3n) is 2.12. The van der Waals surface area contributed by atoms with E-state index in [0.717, 1.165) is 19.5 Å². The van der Waals surface area contributed by atoms with E-state index in [0.29, 0.717) is 12.3 Å². The van der Waals surface area contributed by atoms with Crippen LogP contribution in [0.1, 0.15) is 26.7 Å². The molecule has 1 fully saturated rings. The van der Waals surface area contributed by atoms with E-state index in [-0.39, 0.29) is 11.9 Å². The predicted molar refractivity (Wildman–Crippen MR) is 48.6 cm³/mol. The summed E-state index contributed by atoms with van der Waals surface area (Å²) in [6, 6.07) is 0.196. The van der Waals surface area contributed by atoms with Gasteiger partial charge in [0.1, 0.15) is 0 Å². The van der Waals surface area contributed by atoms with Gasteiger partial charge in [-0.3, -0.25) is 4.79 Å². The molecular formula is C9H18N2O. The van der Waals surface area contributed by atoms with Crippen molar-refractivity contribution in [3.8, 4) is 0 Å². The molecule has 0 bridgehead atoms. The molecule has 0 aromatic heterocycles. The average Bonchev–Trinajstić information content (AvgIpc) is 1.96. The molecule has 1 saturated heterocycles. The van der Waals surface area contributed by atoms with E-state index in [4.69, 9.17) is 5.73 Å². The Morgan fingerprint density at radius 1 is 1.67 bits per heavy atom. The van der Waals surface area contributed by atoms with Crippen LogP contribution in [0.4, 0.5) is 0 Å². The molecule has 1 heterocycles. The fraction of sp³-hybridized carbons (Fsp3) is 0.889. The van der Waals surface area contributed by atoms with Crippen molar-refractivity contribution >= 4 is 5.91 Å². The molecule has 2 N–H and O–H groups in total. The Bertz CT molecular complexity index is 166. The number of piperidine rings is 1. The van der Waals surface area contributed by atoms with E-state index in [1.807, 2.05) is 4.90 Å². The topological polar surface area (TPSA) is 46.3 Å². The molecule has 3 heteroatoms. The zero-order valence-electron chi connectivity index (χ0n) is 7.92. The summed E-state index contributed by atoms with van der Waals surface area (Å²) in [6.07, 6.45) is 1.49. The summed E-state index contributed by atoms with van der Waals surface area (Å²) in [4.78, 5) is 13.2. The normalized spacial score (nSPS) is 25.2. The second-order valence-electron chi connectivity index (χ2n) is 3.99. The molecule has 0 aromatic rings. The van der Waals surface area contributed by atoms with Gasteiger partial charge in [-0.05, 0) is 12.3 Å². The fourth-order valence-electron chi connectivity index (χ4n) is 1.56. The van der Waals surface area contributed by atoms with Gasteiger partial charge in [-0.2, -0.15) is 0 Å². The lowest BCUT2D eigenvalue weighted by atomic mass is 10.0. The molecule has 0 radical (unpaired) electrons. The monoisotopic (exact) mass is 170 g/mol. The Labute approximate surface area is 73.9 Å². The van der Waals surface area contributed by atoms with Crippen LogP contribution in [0.15, 0.2) is 0 Å². The van der Waals surface area contributed by atoms with Gasteiger partial charge in [-0.15, -0.1) is 0 Å². The van der Waals surface area contributed by atoms with Gasteiger partial charge in [0.05, 0.1) is 0 Å². The molecule has 1 amide bonds. The maximum absolute atomic E-state index is 11.3. The van der Waals surface area contributed by atoms with Crippen molar-refractivity contribution in [1.29, 1.82) is 0 Å². The van der Waals surface area contributed by atoms with Gasteiger partial charge in [0.2, 0.25) is 5.91 Å². The van der Waals surface area contributed by atoms with Crippen molar-refractivity contribution in [3.63, 3.8) is 0 Å². The Morgan fingerprint density at radius 2 is 2.33 bits per heavy atom. The number of nitrogens with zero attached hydrogens (tertiary/aromatic N) is 1. The van der Waals surface area contributed by atoms with Crippen molar-refractivity contribution in [1.82, 2.24) is 4.90 Å². The van der Waals surface area contributed by atoms with E-state index >= 15 is 0 Å². The molecule has 0 aliphatic carbocycles. The highest BCUT2D eigenvalue weighted by molar-refractivity contribution is 5.77. The summed E-state index contributed by atoms with van der Waals surface area (Å²) in [5.41, 5.74) is 5.77. The second-order valence-corrected chi connectivity index (χ2v) is 3.99. The summed E-state index contributed by atoms with van der Waals surface area (Å²) in [5, 5.41) is 0. The van der Waals surface area contributed by atoms with Gasteiger partial charge < -0.3 is 10.6 Å². The minimum Gasteiger partial charge on any atom is -0.341 e. The van der Waals surface area contributed by atoms with Crippen molar-refractivity contribution in [3.05, 3.63) is 0 Å². The summed E-state index contributed by atoms with van der Waals surface area (Å²) in [6.45, 7) is 5.84. The molecular weight excluding hydrogens is 152 g/mol. The molecule has 0 aromatic carbocycles. The van der Waals surface area contributed by atoms with Crippen LogP contribution in [-0.2, 0) is 4.79 Å². The maximum atomic E-state index is 11.3. The van der Waals surface area contributed by atoms with Gasteiger partial charge in [0.15, 0.2) is 0 Å². The number of hydrogen-bond donors (Lipinski definition) is 1. The summed E-state index contributed by atoms with van der Waals surface area (Å²) in [7, 11) is 0. The average molecular weight is 170 g/mol. The first kappa shape index (κ1) is 9.52. The quantitative estimate of drug-likeness (QED) is 0.659. The van der Waals surface area contributed by atoms with Crippen molar-refractivity contribution in [2.75, 3.05) is 13.1 Å². The highest BCUT2D eigenvalue weighted by Gasteiger charge is 2.23. The van der Waals surface area contributed by atoms with Gasteiger partial charge in [0.25, 0.3) is 0 Å². The van der Waals surface area contributed by atoms with E-state index < -0.39 is 0 Å². The Balaban J connectivity index is 2.43. The molecule has 12 heavy (non-hydrogen) atoms. The lowest BCUT2D eigenvalue weighted by Gasteiger charge is -2.31. The standard InChI is InChI=1S/C9H18N2O/c1-7(2)5-11-6-8(10)3-4-9(11)12/h7-8H,3-6,10H2,1-2H3/t8-/m0/s1. The lowest BCUT2D eigenvalue weighted by molar-refractivity contribution is -0.134. The van der Waals surface area contributed by atoms with Gasteiger partial charge in [0, 0.05) is 25.6 Å². The molecule has 70 valence electrons. The Kier molecular flexibility index (Phi) is 3.09. The first-order valence-corrected chi connectivity index (χ1v) is 4.63. The Morgan fingerprint density at radius 3 is 2.92 bits per heavy atom. The second kappa shape index (κ2) is 3.90. The molecule has 1 rings (SSSR count). The number of carbonyl (C=O) groups is 1. The SMILES string of the molecule is CC(C)CN1C[C@@H](N)CCC1=O. The number of hydrogen-bond acceptors (Lipinski definition) is 2. The van der Waals surface area contributed by atoms with Gasteiger partial charge >= 0.3 is 0 Å². The molecule has 1 aliphatic heterocycles. The first-order valence-electron chi connectivity index (χ1n) is 4.63. The smallest absolute Gasteiger partial charge is 0.222 e. The summed E-state index contributed by atoms with van der Waals surface area (Å²) in [5.74, 6) is 0.810. The third kappa shape index (κ3) is 2.48.